The minimum Gasteiger partial charge on any atom is -0.324 e. The maximum Gasteiger partial charge on any atom is 0.416 e. The lowest BCUT2D eigenvalue weighted by Crippen LogP contribution is -2.14. The van der Waals surface area contributed by atoms with Crippen LogP contribution >= 0.6 is 11.6 Å². The molecule has 2 rings (SSSR count). The van der Waals surface area contributed by atoms with Crippen LogP contribution in [-0.2, 0) is 12.6 Å². The molecule has 0 radical (unpaired) electrons. The van der Waals surface area contributed by atoms with Gasteiger partial charge in [-0.3, -0.25) is 0 Å². The van der Waals surface area contributed by atoms with Crippen LogP contribution in [-0.4, -0.2) is 0 Å². The normalized spacial score (nSPS) is 13.2. The highest BCUT2D eigenvalue weighted by Crippen LogP contribution is 2.30. The Labute approximate surface area is 124 Å². The molecule has 6 heteroatoms. The molecule has 0 bridgehead atoms. The fraction of sp³-hybridized carbons (Fsp3) is 0.200. The first-order chi connectivity index (χ1) is 9.77. The minimum absolute atomic E-state index is 0.175. The predicted molar refractivity (Wildman–Crippen MR) is 73.5 cm³/mol. The summed E-state index contributed by atoms with van der Waals surface area (Å²) in [6.07, 6.45) is -4.21. The number of rotatable bonds is 3. The third-order valence-electron chi connectivity index (χ3n) is 3.12. The first kappa shape index (κ1) is 15.8. The standard InChI is InChI=1S/C15H12ClF4N/c16-12-6-3-10(13(17)8-12)7-14(21)9-1-4-11(5-2-9)15(18,19)20/h1-6,8,14H,7,21H2. The number of halogens is 5. The van der Waals surface area contributed by atoms with Gasteiger partial charge < -0.3 is 5.73 Å². The third-order valence-corrected chi connectivity index (χ3v) is 3.36. The molecular formula is C15H12ClF4N. The molecule has 0 aliphatic heterocycles. The van der Waals surface area contributed by atoms with Crippen LogP contribution in [0.3, 0.4) is 0 Å². The molecule has 2 aromatic rings. The van der Waals surface area contributed by atoms with Gasteiger partial charge in [0.05, 0.1) is 5.56 Å². The van der Waals surface area contributed by atoms with Crippen LogP contribution in [0, 0.1) is 5.82 Å². The quantitative estimate of drug-likeness (QED) is 0.813. The van der Waals surface area contributed by atoms with Gasteiger partial charge in [-0.15, -0.1) is 0 Å². The van der Waals surface area contributed by atoms with Crippen molar-refractivity contribution in [1.82, 2.24) is 0 Å². The Morgan fingerprint density at radius 3 is 2.19 bits per heavy atom. The largest absolute Gasteiger partial charge is 0.416 e. The lowest BCUT2D eigenvalue weighted by atomic mass is 9.98. The summed E-state index contributed by atoms with van der Waals surface area (Å²) < 4.78 is 51.1. The van der Waals surface area contributed by atoms with Crippen molar-refractivity contribution in [1.29, 1.82) is 0 Å². The van der Waals surface area contributed by atoms with Crippen molar-refractivity contribution in [3.05, 3.63) is 70.0 Å². The van der Waals surface area contributed by atoms with E-state index in [4.69, 9.17) is 17.3 Å². The van der Waals surface area contributed by atoms with Gasteiger partial charge in [-0.1, -0.05) is 29.8 Å². The predicted octanol–water partition coefficient (Wildman–Crippen LogP) is 4.74. The number of benzene rings is 2. The summed E-state index contributed by atoms with van der Waals surface area (Å²) in [5.41, 5.74) is 6.05. The van der Waals surface area contributed by atoms with Crippen LogP contribution in [0.5, 0.6) is 0 Å². The Bertz CT molecular complexity index is 623. The molecular weight excluding hydrogens is 306 g/mol. The van der Waals surface area contributed by atoms with Gasteiger partial charge >= 0.3 is 6.18 Å². The molecule has 21 heavy (non-hydrogen) atoms. The zero-order valence-electron chi connectivity index (χ0n) is 10.8. The summed E-state index contributed by atoms with van der Waals surface area (Å²) in [5.74, 6) is -0.482. The molecule has 0 saturated heterocycles. The van der Waals surface area contributed by atoms with E-state index in [-0.39, 0.29) is 11.4 Å². The van der Waals surface area contributed by atoms with Crippen LogP contribution in [0.2, 0.25) is 5.02 Å². The van der Waals surface area contributed by atoms with E-state index in [1.54, 1.807) is 6.07 Å². The van der Waals surface area contributed by atoms with Crippen LogP contribution in [0.25, 0.3) is 0 Å². The molecule has 0 aromatic heterocycles. The molecule has 0 aliphatic rings. The lowest BCUT2D eigenvalue weighted by molar-refractivity contribution is -0.137. The molecule has 2 N–H and O–H groups in total. The summed E-state index contributed by atoms with van der Waals surface area (Å²) in [5, 5.41) is 0.277. The molecule has 112 valence electrons. The summed E-state index contributed by atoms with van der Waals surface area (Å²) in [4.78, 5) is 0. The fourth-order valence-electron chi connectivity index (χ4n) is 1.96. The summed E-state index contributed by atoms with van der Waals surface area (Å²) in [6, 6.07) is 8.18. The van der Waals surface area contributed by atoms with Gasteiger partial charge in [0, 0.05) is 11.1 Å². The van der Waals surface area contributed by atoms with Crippen molar-refractivity contribution >= 4 is 11.6 Å². The fourth-order valence-corrected chi connectivity index (χ4v) is 2.12. The average molecular weight is 318 g/mol. The van der Waals surface area contributed by atoms with E-state index in [2.05, 4.69) is 0 Å². The van der Waals surface area contributed by atoms with Crippen LogP contribution in [0.4, 0.5) is 17.6 Å². The van der Waals surface area contributed by atoms with E-state index < -0.39 is 23.6 Å². The van der Waals surface area contributed by atoms with Crippen molar-refractivity contribution in [3.8, 4) is 0 Å². The highest BCUT2D eigenvalue weighted by Gasteiger charge is 2.30. The van der Waals surface area contributed by atoms with E-state index in [1.165, 1.54) is 24.3 Å². The van der Waals surface area contributed by atoms with Gasteiger partial charge in [-0.05, 0) is 41.8 Å². The van der Waals surface area contributed by atoms with Crippen molar-refractivity contribution in [2.75, 3.05) is 0 Å². The van der Waals surface area contributed by atoms with Gasteiger partial charge in [0.25, 0.3) is 0 Å². The summed E-state index contributed by atoms with van der Waals surface area (Å²) in [7, 11) is 0. The van der Waals surface area contributed by atoms with Gasteiger partial charge in [0.15, 0.2) is 0 Å². The lowest BCUT2D eigenvalue weighted by Gasteiger charge is -2.14. The van der Waals surface area contributed by atoms with E-state index in [1.807, 2.05) is 0 Å². The molecule has 0 aliphatic carbocycles. The van der Waals surface area contributed by atoms with E-state index in [9.17, 15) is 17.6 Å². The minimum atomic E-state index is -4.38. The highest BCUT2D eigenvalue weighted by molar-refractivity contribution is 6.30. The maximum atomic E-state index is 13.7. The second-order valence-electron chi connectivity index (χ2n) is 4.67. The molecule has 0 saturated carbocycles. The Kier molecular flexibility index (Phi) is 4.54. The van der Waals surface area contributed by atoms with Crippen LogP contribution in [0.1, 0.15) is 22.7 Å². The van der Waals surface area contributed by atoms with Gasteiger partial charge in [-0.25, -0.2) is 4.39 Å². The smallest absolute Gasteiger partial charge is 0.324 e. The van der Waals surface area contributed by atoms with E-state index >= 15 is 0 Å². The van der Waals surface area contributed by atoms with Gasteiger partial charge in [0.1, 0.15) is 5.82 Å². The van der Waals surface area contributed by atoms with Crippen molar-refractivity contribution in [2.45, 2.75) is 18.6 Å². The molecule has 0 fully saturated rings. The van der Waals surface area contributed by atoms with E-state index in [0.29, 0.717) is 11.1 Å². The first-order valence-electron chi connectivity index (χ1n) is 6.14. The monoisotopic (exact) mass is 317 g/mol. The number of hydrogen-bond donors (Lipinski definition) is 1. The van der Waals surface area contributed by atoms with Crippen LogP contribution < -0.4 is 5.73 Å². The Morgan fingerprint density at radius 1 is 1.05 bits per heavy atom. The molecule has 1 unspecified atom stereocenters. The summed E-state index contributed by atoms with van der Waals surface area (Å²) >= 11 is 5.65. The highest BCUT2D eigenvalue weighted by atomic mass is 35.5. The zero-order valence-corrected chi connectivity index (χ0v) is 11.5. The second kappa shape index (κ2) is 6.03. The van der Waals surface area contributed by atoms with Crippen molar-refractivity contribution in [2.24, 2.45) is 5.73 Å². The zero-order chi connectivity index (χ0) is 15.6. The number of hydrogen-bond acceptors (Lipinski definition) is 1. The van der Waals surface area contributed by atoms with E-state index in [0.717, 1.165) is 12.1 Å². The topological polar surface area (TPSA) is 26.0 Å². The second-order valence-corrected chi connectivity index (χ2v) is 5.10. The molecule has 1 atom stereocenters. The Balaban J connectivity index is 2.15. The molecule has 2 aromatic carbocycles. The average Bonchev–Trinajstić information content (AvgIpc) is 2.41. The van der Waals surface area contributed by atoms with Gasteiger partial charge in [-0.2, -0.15) is 13.2 Å². The molecule has 0 spiro atoms. The maximum absolute atomic E-state index is 13.7. The third kappa shape index (κ3) is 3.95. The molecule has 0 heterocycles. The first-order valence-corrected chi connectivity index (χ1v) is 6.52. The SMILES string of the molecule is NC(Cc1ccc(Cl)cc1F)c1ccc(C(F)(F)F)cc1. The Morgan fingerprint density at radius 2 is 1.67 bits per heavy atom. The number of nitrogens with two attached hydrogens (primary N) is 1. The molecule has 0 amide bonds. The Hall–Kier alpha value is -1.59. The summed E-state index contributed by atoms with van der Waals surface area (Å²) in [6.45, 7) is 0. The molecule has 1 nitrogen and oxygen atoms in total. The van der Waals surface area contributed by atoms with Crippen molar-refractivity contribution in [3.63, 3.8) is 0 Å². The van der Waals surface area contributed by atoms with Gasteiger partial charge in [0.2, 0.25) is 0 Å². The number of alkyl halides is 3. The van der Waals surface area contributed by atoms with Crippen LogP contribution in [0.15, 0.2) is 42.5 Å². The van der Waals surface area contributed by atoms with Crippen molar-refractivity contribution < 1.29 is 17.6 Å².